The second-order valence-electron chi connectivity index (χ2n) is 9.11. The Hall–Kier alpha value is -3.56. The molecular weight excluding hydrogens is 514 g/mol. The molecule has 0 atom stereocenters. The van der Waals surface area contributed by atoms with Crippen molar-refractivity contribution in [2.75, 3.05) is 52.4 Å². The Labute approximate surface area is 235 Å². The Kier molecular flexibility index (Phi) is 12.1. The lowest BCUT2D eigenvalue weighted by atomic mass is 10.1. The second-order valence-corrected chi connectivity index (χ2v) is 10.1. The van der Waals surface area contributed by atoms with Gasteiger partial charge in [-0.1, -0.05) is 24.3 Å². The van der Waals surface area contributed by atoms with Crippen LogP contribution in [0.15, 0.2) is 60.0 Å². The first-order chi connectivity index (χ1) is 18.9. The highest BCUT2D eigenvalue weighted by atomic mass is 32.1. The van der Waals surface area contributed by atoms with Gasteiger partial charge in [-0.2, -0.15) is 0 Å². The number of urea groups is 1. The molecule has 0 saturated carbocycles. The van der Waals surface area contributed by atoms with Crippen molar-refractivity contribution in [1.29, 1.82) is 0 Å². The number of nitrogens with zero attached hydrogens (tertiary/aromatic N) is 2. The number of benzene rings is 2. The Bertz CT molecular complexity index is 1190. The largest absolute Gasteiger partial charge is 0.493 e. The number of hydrogen-bond acceptors (Lipinski definition) is 6. The van der Waals surface area contributed by atoms with E-state index in [0.717, 1.165) is 16.0 Å². The number of thiophene rings is 1. The fourth-order valence-electron chi connectivity index (χ4n) is 4.13. The molecule has 9 heteroatoms. The molecule has 0 aliphatic heterocycles. The van der Waals surface area contributed by atoms with Gasteiger partial charge in [0.2, 0.25) is 5.91 Å². The maximum Gasteiger partial charge on any atom is 0.322 e. The van der Waals surface area contributed by atoms with Gasteiger partial charge < -0.3 is 29.3 Å². The molecule has 3 rings (SSSR count). The van der Waals surface area contributed by atoms with E-state index < -0.39 is 0 Å². The van der Waals surface area contributed by atoms with Crippen LogP contribution in [0.3, 0.4) is 0 Å². The molecular formula is C30H39N3O5S. The Morgan fingerprint density at radius 1 is 0.949 bits per heavy atom. The first kappa shape index (κ1) is 30.0. The molecule has 1 N–H and O–H groups in total. The number of aryl methyl sites for hydroxylation is 1. The van der Waals surface area contributed by atoms with E-state index in [-0.39, 0.29) is 18.5 Å². The number of nitrogens with one attached hydrogen (secondary N) is 1. The second kappa shape index (κ2) is 15.8. The SMILES string of the molecule is CCOCCCN(CC(=O)N(CCc1ccc(OC)c(OC)c1)Cc1cccs1)C(=O)Nc1cccc(C)c1. The summed E-state index contributed by atoms with van der Waals surface area (Å²) in [6.07, 6.45) is 1.27. The van der Waals surface area contributed by atoms with Crippen molar-refractivity contribution in [3.05, 3.63) is 76.0 Å². The van der Waals surface area contributed by atoms with Crippen LogP contribution in [0.25, 0.3) is 0 Å². The van der Waals surface area contributed by atoms with Crippen molar-refractivity contribution in [1.82, 2.24) is 9.80 Å². The van der Waals surface area contributed by atoms with Crippen molar-refractivity contribution >= 4 is 29.0 Å². The molecule has 0 spiro atoms. The highest BCUT2D eigenvalue weighted by molar-refractivity contribution is 7.09. The summed E-state index contributed by atoms with van der Waals surface area (Å²) in [5.74, 6) is 1.20. The van der Waals surface area contributed by atoms with E-state index in [9.17, 15) is 9.59 Å². The number of carbonyl (C=O) groups excluding carboxylic acids is 2. The van der Waals surface area contributed by atoms with Crippen molar-refractivity contribution in [2.24, 2.45) is 0 Å². The molecule has 2 aromatic carbocycles. The van der Waals surface area contributed by atoms with E-state index in [2.05, 4.69) is 5.32 Å². The smallest absolute Gasteiger partial charge is 0.322 e. The average molecular weight is 554 g/mol. The van der Waals surface area contributed by atoms with Gasteiger partial charge in [0.05, 0.1) is 20.8 Å². The molecule has 39 heavy (non-hydrogen) atoms. The number of ether oxygens (including phenoxy) is 3. The van der Waals surface area contributed by atoms with Crippen LogP contribution < -0.4 is 14.8 Å². The van der Waals surface area contributed by atoms with Crippen LogP contribution in [0.2, 0.25) is 0 Å². The number of anilines is 1. The molecule has 0 radical (unpaired) electrons. The minimum absolute atomic E-state index is 0.0267. The van der Waals surface area contributed by atoms with Crippen LogP contribution in [0, 0.1) is 6.92 Å². The van der Waals surface area contributed by atoms with Crippen LogP contribution in [-0.2, 0) is 22.5 Å². The first-order valence-electron chi connectivity index (χ1n) is 13.1. The van der Waals surface area contributed by atoms with Gasteiger partial charge in [0.25, 0.3) is 0 Å². The molecule has 0 saturated heterocycles. The summed E-state index contributed by atoms with van der Waals surface area (Å²) >= 11 is 1.61. The van der Waals surface area contributed by atoms with Gasteiger partial charge in [0.15, 0.2) is 11.5 Å². The highest BCUT2D eigenvalue weighted by Gasteiger charge is 2.22. The van der Waals surface area contributed by atoms with Gasteiger partial charge in [0.1, 0.15) is 6.54 Å². The minimum Gasteiger partial charge on any atom is -0.493 e. The normalized spacial score (nSPS) is 10.7. The highest BCUT2D eigenvalue weighted by Crippen LogP contribution is 2.28. The van der Waals surface area contributed by atoms with Crippen molar-refractivity contribution < 1.29 is 23.8 Å². The number of amides is 3. The minimum atomic E-state index is -0.304. The Balaban J connectivity index is 1.74. The predicted molar refractivity (Wildman–Crippen MR) is 156 cm³/mol. The van der Waals surface area contributed by atoms with Crippen molar-refractivity contribution in [3.63, 3.8) is 0 Å². The van der Waals surface area contributed by atoms with Crippen molar-refractivity contribution in [2.45, 2.75) is 33.2 Å². The quantitative estimate of drug-likeness (QED) is 0.248. The summed E-state index contributed by atoms with van der Waals surface area (Å²) < 4.78 is 16.3. The molecule has 3 aromatic rings. The lowest BCUT2D eigenvalue weighted by Gasteiger charge is -2.28. The fraction of sp³-hybridized carbons (Fsp3) is 0.400. The molecule has 0 aliphatic rings. The number of carbonyl (C=O) groups is 2. The molecule has 0 bridgehead atoms. The topological polar surface area (TPSA) is 80.3 Å². The standard InChI is InChI=1S/C30H39N3O5S/c1-5-38-17-8-15-33(30(35)31-25-10-6-9-23(2)19-25)22-29(34)32(21-26-11-7-18-39-26)16-14-24-12-13-27(36-3)28(20-24)37-4/h6-7,9-13,18-20H,5,8,14-17,21-22H2,1-4H3,(H,31,35). The maximum atomic E-state index is 13.7. The zero-order valence-corrected chi connectivity index (χ0v) is 24.1. The fourth-order valence-corrected chi connectivity index (χ4v) is 4.85. The monoisotopic (exact) mass is 553 g/mol. The van der Waals surface area contributed by atoms with Crippen LogP contribution in [0.1, 0.15) is 29.3 Å². The van der Waals surface area contributed by atoms with E-state index in [1.54, 1.807) is 30.5 Å². The van der Waals surface area contributed by atoms with Gasteiger partial charge in [-0.25, -0.2) is 4.79 Å². The molecule has 8 nitrogen and oxygen atoms in total. The van der Waals surface area contributed by atoms with E-state index >= 15 is 0 Å². The summed E-state index contributed by atoms with van der Waals surface area (Å²) in [6.45, 7) is 6.41. The molecule has 1 heterocycles. The van der Waals surface area contributed by atoms with Gasteiger partial charge in [-0.3, -0.25) is 4.79 Å². The first-order valence-corrected chi connectivity index (χ1v) is 14.0. The van der Waals surface area contributed by atoms with Crippen LogP contribution >= 0.6 is 11.3 Å². The number of hydrogen-bond donors (Lipinski definition) is 1. The van der Waals surface area contributed by atoms with Crippen LogP contribution in [-0.4, -0.2) is 68.8 Å². The third-order valence-electron chi connectivity index (χ3n) is 6.20. The van der Waals surface area contributed by atoms with E-state index in [4.69, 9.17) is 14.2 Å². The zero-order valence-electron chi connectivity index (χ0n) is 23.3. The molecule has 3 amide bonds. The summed E-state index contributed by atoms with van der Waals surface area (Å²) in [5.41, 5.74) is 2.78. The molecule has 0 aliphatic carbocycles. The van der Waals surface area contributed by atoms with E-state index in [1.807, 2.05) is 78.7 Å². The van der Waals surface area contributed by atoms with Gasteiger partial charge in [-0.15, -0.1) is 11.3 Å². The lowest BCUT2D eigenvalue weighted by Crippen LogP contribution is -2.45. The van der Waals surface area contributed by atoms with Gasteiger partial charge >= 0.3 is 6.03 Å². The lowest BCUT2D eigenvalue weighted by molar-refractivity contribution is -0.132. The van der Waals surface area contributed by atoms with Crippen LogP contribution in [0.5, 0.6) is 11.5 Å². The molecule has 0 fully saturated rings. The molecule has 0 unspecified atom stereocenters. The zero-order chi connectivity index (χ0) is 28.0. The summed E-state index contributed by atoms with van der Waals surface area (Å²) in [7, 11) is 3.21. The van der Waals surface area contributed by atoms with Gasteiger partial charge in [0, 0.05) is 36.9 Å². The molecule has 1 aromatic heterocycles. The number of rotatable bonds is 15. The molecule has 210 valence electrons. The third-order valence-corrected chi connectivity index (χ3v) is 7.06. The summed E-state index contributed by atoms with van der Waals surface area (Å²) in [6, 6.07) is 17.1. The van der Waals surface area contributed by atoms with Crippen LogP contribution in [0.4, 0.5) is 10.5 Å². The van der Waals surface area contributed by atoms with Crippen molar-refractivity contribution in [3.8, 4) is 11.5 Å². The average Bonchev–Trinajstić information content (AvgIpc) is 3.45. The van der Waals surface area contributed by atoms with Gasteiger partial charge in [-0.05, 0) is 73.5 Å². The number of methoxy groups -OCH3 is 2. The Morgan fingerprint density at radius 3 is 2.46 bits per heavy atom. The summed E-state index contributed by atoms with van der Waals surface area (Å²) in [5, 5.41) is 4.95. The predicted octanol–water partition coefficient (Wildman–Crippen LogP) is 5.61. The third kappa shape index (κ3) is 9.60. The maximum absolute atomic E-state index is 13.7. The van der Waals surface area contributed by atoms with E-state index in [1.165, 1.54) is 0 Å². The summed E-state index contributed by atoms with van der Waals surface area (Å²) in [4.78, 5) is 31.4. The van der Waals surface area contributed by atoms with E-state index in [0.29, 0.717) is 62.9 Å². The Morgan fingerprint density at radius 2 is 1.77 bits per heavy atom.